The molecule has 5 heteroatoms. The molecule has 5 nitrogen and oxygen atoms in total. The molecule has 0 radical (unpaired) electrons. The topological polar surface area (TPSA) is 64.6 Å². The van der Waals surface area contributed by atoms with E-state index in [-0.39, 0.29) is 11.9 Å². The fourth-order valence-corrected chi connectivity index (χ4v) is 2.25. The largest absolute Gasteiger partial charge is 0.494 e. The predicted octanol–water partition coefficient (Wildman–Crippen LogP) is 4.44. The number of hydrogen-bond donors (Lipinski definition) is 1. The standard InChI is InChI=1S/C21H25NO4/c1-2-3-15-26-21(24)17-11-13-18(14-12-17)22-20(23)10-7-16-25-19-8-5-4-6-9-19/h4-6,8-9,11-14H,2-3,7,10,15-16H2,1H3,(H,22,23). The third kappa shape index (κ3) is 6.97. The summed E-state index contributed by atoms with van der Waals surface area (Å²) in [5.74, 6) is 0.378. The maximum Gasteiger partial charge on any atom is 0.338 e. The first-order valence-corrected chi connectivity index (χ1v) is 8.94. The van der Waals surface area contributed by atoms with Gasteiger partial charge in [0.1, 0.15) is 5.75 Å². The zero-order chi connectivity index (χ0) is 18.6. The second-order valence-corrected chi connectivity index (χ2v) is 5.88. The van der Waals surface area contributed by atoms with Crippen molar-refractivity contribution in [3.8, 4) is 5.75 Å². The number of carbonyl (C=O) groups excluding carboxylic acids is 2. The minimum atomic E-state index is -0.339. The first kappa shape index (κ1) is 19.5. The molecule has 2 aromatic carbocycles. The number of ether oxygens (including phenoxy) is 2. The van der Waals surface area contributed by atoms with Gasteiger partial charge in [0.15, 0.2) is 0 Å². The van der Waals surface area contributed by atoms with Crippen LogP contribution in [0.5, 0.6) is 5.75 Å². The van der Waals surface area contributed by atoms with E-state index in [1.165, 1.54) is 0 Å². The van der Waals surface area contributed by atoms with Crippen LogP contribution in [0.25, 0.3) is 0 Å². The van der Waals surface area contributed by atoms with Crippen molar-refractivity contribution >= 4 is 17.6 Å². The number of benzene rings is 2. The molecule has 0 heterocycles. The molecule has 2 rings (SSSR count). The number of rotatable bonds is 10. The molecule has 0 aliphatic heterocycles. The number of esters is 1. The van der Waals surface area contributed by atoms with E-state index < -0.39 is 0 Å². The molecular formula is C21H25NO4. The molecule has 1 N–H and O–H groups in total. The lowest BCUT2D eigenvalue weighted by molar-refractivity contribution is -0.116. The van der Waals surface area contributed by atoms with E-state index >= 15 is 0 Å². The van der Waals surface area contributed by atoms with Crippen molar-refractivity contribution in [1.82, 2.24) is 0 Å². The Balaban J connectivity index is 1.69. The van der Waals surface area contributed by atoms with E-state index in [1.807, 2.05) is 37.3 Å². The molecule has 0 aromatic heterocycles. The molecule has 0 unspecified atom stereocenters. The van der Waals surface area contributed by atoms with E-state index in [0.717, 1.165) is 18.6 Å². The highest BCUT2D eigenvalue weighted by atomic mass is 16.5. The Kier molecular flexibility index (Phi) is 8.19. The monoisotopic (exact) mass is 355 g/mol. The van der Waals surface area contributed by atoms with Crippen molar-refractivity contribution in [2.75, 3.05) is 18.5 Å². The lowest BCUT2D eigenvalue weighted by atomic mass is 10.2. The van der Waals surface area contributed by atoms with Crippen LogP contribution in [0.15, 0.2) is 54.6 Å². The second-order valence-electron chi connectivity index (χ2n) is 5.88. The fourth-order valence-electron chi connectivity index (χ4n) is 2.25. The van der Waals surface area contributed by atoms with E-state index in [2.05, 4.69) is 5.32 Å². The Morgan fingerprint density at radius 2 is 1.65 bits per heavy atom. The highest BCUT2D eigenvalue weighted by Gasteiger charge is 2.08. The Hall–Kier alpha value is -2.82. The first-order valence-electron chi connectivity index (χ1n) is 8.94. The molecule has 0 fully saturated rings. The average Bonchev–Trinajstić information content (AvgIpc) is 2.67. The predicted molar refractivity (Wildman–Crippen MR) is 101 cm³/mol. The van der Waals surface area contributed by atoms with Gasteiger partial charge in [-0.05, 0) is 49.2 Å². The summed E-state index contributed by atoms with van der Waals surface area (Å²) >= 11 is 0. The molecule has 0 bridgehead atoms. The van der Waals surface area contributed by atoms with Crippen molar-refractivity contribution in [1.29, 1.82) is 0 Å². The molecule has 138 valence electrons. The summed E-state index contributed by atoms with van der Waals surface area (Å²) in [6, 6.07) is 16.2. The van der Waals surface area contributed by atoms with Crippen LogP contribution in [0, 0.1) is 0 Å². The summed E-state index contributed by atoms with van der Waals surface area (Å²) in [6.45, 7) is 2.96. The van der Waals surface area contributed by atoms with Crippen molar-refractivity contribution in [3.63, 3.8) is 0 Å². The average molecular weight is 355 g/mol. The summed E-state index contributed by atoms with van der Waals surface area (Å²) < 4.78 is 10.7. The van der Waals surface area contributed by atoms with Crippen molar-refractivity contribution in [2.45, 2.75) is 32.6 Å². The first-order chi connectivity index (χ1) is 12.7. The van der Waals surface area contributed by atoms with Gasteiger partial charge in [0.25, 0.3) is 0 Å². The van der Waals surface area contributed by atoms with Gasteiger partial charge in [0.05, 0.1) is 18.8 Å². The van der Waals surface area contributed by atoms with Gasteiger partial charge >= 0.3 is 5.97 Å². The van der Waals surface area contributed by atoms with Crippen LogP contribution in [0.4, 0.5) is 5.69 Å². The lowest BCUT2D eigenvalue weighted by Crippen LogP contribution is -2.13. The molecule has 2 aromatic rings. The quantitative estimate of drug-likeness (QED) is 0.505. The number of hydrogen-bond acceptors (Lipinski definition) is 4. The molecule has 0 saturated heterocycles. The van der Waals surface area contributed by atoms with Crippen molar-refractivity contribution in [3.05, 3.63) is 60.2 Å². The Morgan fingerprint density at radius 3 is 2.35 bits per heavy atom. The van der Waals surface area contributed by atoms with Crippen molar-refractivity contribution < 1.29 is 19.1 Å². The molecule has 0 spiro atoms. The number of carbonyl (C=O) groups is 2. The summed E-state index contributed by atoms with van der Waals surface area (Å²) in [5.41, 5.74) is 1.14. The Morgan fingerprint density at radius 1 is 0.923 bits per heavy atom. The number of anilines is 1. The molecule has 0 aliphatic carbocycles. The lowest BCUT2D eigenvalue weighted by Gasteiger charge is -2.08. The second kappa shape index (κ2) is 10.9. The Labute approximate surface area is 154 Å². The maximum absolute atomic E-state index is 12.0. The van der Waals surface area contributed by atoms with Crippen LogP contribution in [-0.2, 0) is 9.53 Å². The third-order valence-corrected chi connectivity index (χ3v) is 3.70. The van der Waals surface area contributed by atoms with Crippen molar-refractivity contribution in [2.24, 2.45) is 0 Å². The zero-order valence-corrected chi connectivity index (χ0v) is 15.1. The minimum absolute atomic E-state index is 0.0834. The van der Waals surface area contributed by atoms with Gasteiger partial charge in [-0.15, -0.1) is 0 Å². The summed E-state index contributed by atoms with van der Waals surface area (Å²) in [6.07, 6.45) is 2.83. The van der Waals surface area contributed by atoms with Gasteiger partial charge in [0.2, 0.25) is 5.91 Å². The van der Waals surface area contributed by atoms with Crippen LogP contribution in [0.3, 0.4) is 0 Å². The van der Waals surface area contributed by atoms with Gasteiger partial charge in [-0.1, -0.05) is 31.5 Å². The van der Waals surface area contributed by atoms with Gasteiger partial charge in [-0.2, -0.15) is 0 Å². The summed E-state index contributed by atoms with van der Waals surface area (Å²) in [5, 5.41) is 2.81. The molecule has 26 heavy (non-hydrogen) atoms. The van der Waals surface area contributed by atoms with Gasteiger partial charge in [0, 0.05) is 12.1 Å². The molecule has 0 saturated carbocycles. The number of unbranched alkanes of at least 4 members (excludes halogenated alkanes) is 1. The number of nitrogens with one attached hydrogen (secondary N) is 1. The smallest absolute Gasteiger partial charge is 0.338 e. The zero-order valence-electron chi connectivity index (χ0n) is 15.1. The normalized spacial score (nSPS) is 10.2. The summed E-state index contributed by atoms with van der Waals surface area (Å²) in [7, 11) is 0. The van der Waals surface area contributed by atoms with Crippen LogP contribution in [0.1, 0.15) is 43.0 Å². The van der Waals surface area contributed by atoms with Gasteiger partial charge in [-0.3, -0.25) is 4.79 Å². The van der Waals surface area contributed by atoms with Crippen LogP contribution in [0.2, 0.25) is 0 Å². The SMILES string of the molecule is CCCCOC(=O)c1ccc(NC(=O)CCCOc2ccccc2)cc1. The number of para-hydroxylation sites is 1. The molecular weight excluding hydrogens is 330 g/mol. The fraction of sp³-hybridized carbons (Fsp3) is 0.333. The Bertz CT molecular complexity index is 683. The van der Waals surface area contributed by atoms with E-state index in [4.69, 9.17) is 9.47 Å². The highest BCUT2D eigenvalue weighted by molar-refractivity contribution is 5.93. The maximum atomic E-state index is 12.0. The van der Waals surface area contributed by atoms with Crippen LogP contribution >= 0.6 is 0 Å². The van der Waals surface area contributed by atoms with E-state index in [9.17, 15) is 9.59 Å². The molecule has 0 aliphatic rings. The van der Waals surface area contributed by atoms with E-state index in [0.29, 0.717) is 37.3 Å². The summed E-state index contributed by atoms with van der Waals surface area (Å²) in [4.78, 5) is 23.8. The highest BCUT2D eigenvalue weighted by Crippen LogP contribution is 2.12. The van der Waals surface area contributed by atoms with Crippen LogP contribution < -0.4 is 10.1 Å². The van der Waals surface area contributed by atoms with E-state index in [1.54, 1.807) is 24.3 Å². The minimum Gasteiger partial charge on any atom is -0.494 e. The van der Waals surface area contributed by atoms with Crippen LogP contribution in [-0.4, -0.2) is 25.1 Å². The third-order valence-electron chi connectivity index (χ3n) is 3.70. The van der Waals surface area contributed by atoms with Gasteiger partial charge < -0.3 is 14.8 Å². The molecule has 0 atom stereocenters. The molecule has 1 amide bonds. The number of amides is 1. The van der Waals surface area contributed by atoms with Gasteiger partial charge in [-0.25, -0.2) is 4.79 Å².